The molecular weight excluding hydrogens is 484 g/mol. The van der Waals surface area contributed by atoms with Crippen molar-refractivity contribution in [2.45, 2.75) is 11.9 Å². The Hall–Kier alpha value is -3.63. The second-order valence-corrected chi connectivity index (χ2v) is 9.32. The topological polar surface area (TPSA) is 95.5 Å². The van der Waals surface area contributed by atoms with Gasteiger partial charge < -0.3 is 19.5 Å². The van der Waals surface area contributed by atoms with E-state index in [2.05, 4.69) is 15.5 Å². The molecule has 35 heavy (non-hydrogen) atoms. The van der Waals surface area contributed by atoms with Crippen LogP contribution in [0, 0.1) is 6.92 Å². The molecule has 0 atom stereocenters. The number of methoxy groups -OCH3 is 3. The van der Waals surface area contributed by atoms with Gasteiger partial charge >= 0.3 is 0 Å². The third-order valence-corrected chi connectivity index (χ3v) is 7.19. The van der Waals surface area contributed by atoms with Crippen molar-refractivity contribution in [2.24, 2.45) is 0 Å². The normalized spacial score (nSPS) is 10.6. The number of nitrogens with zero attached hydrogens (tertiary/aromatic N) is 3. The predicted molar refractivity (Wildman–Crippen MR) is 139 cm³/mol. The second-order valence-electron chi connectivity index (χ2n) is 7.32. The average molecular weight is 509 g/mol. The number of anilines is 1. The summed E-state index contributed by atoms with van der Waals surface area (Å²) in [6.45, 7) is 1.96. The van der Waals surface area contributed by atoms with Crippen LogP contribution >= 0.6 is 23.1 Å². The number of thiazole rings is 1. The lowest BCUT2D eigenvalue weighted by Gasteiger charge is -2.11. The van der Waals surface area contributed by atoms with E-state index in [0.29, 0.717) is 22.2 Å². The number of carbonyl (C=O) groups excluding carboxylic acids is 1. The predicted octanol–water partition coefficient (Wildman–Crippen LogP) is 5.33. The van der Waals surface area contributed by atoms with Crippen LogP contribution in [0.5, 0.6) is 17.2 Å². The lowest BCUT2D eigenvalue weighted by atomic mass is 10.2. The molecule has 0 spiro atoms. The van der Waals surface area contributed by atoms with Gasteiger partial charge in [-0.15, -0.1) is 21.5 Å². The molecule has 0 saturated carbocycles. The van der Waals surface area contributed by atoms with Gasteiger partial charge in [0, 0.05) is 11.6 Å². The van der Waals surface area contributed by atoms with Crippen molar-refractivity contribution in [3.63, 3.8) is 0 Å². The molecule has 4 rings (SSSR count). The molecule has 2 aromatic carbocycles. The molecule has 0 aliphatic carbocycles. The van der Waals surface area contributed by atoms with Crippen LogP contribution in [0.1, 0.15) is 5.69 Å². The van der Waals surface area contributed by atoms with Gasteiger partial charge in [-0.1, -0.05) is 11.8 Å². The van der Waals surface area contributed by atoms with Gasteiger partial charge in [-0.25, -0.2) is 4.98 Å². The van der Waals surface area contributed by atoms with Crippen molar-refractivity contribution >= 4 is 34.7 Å². The van der Waals surface area contributed by atoms with Gasteiger partial charge in [-0.05, 0) is 55.5 Å². The number of benzene rings is 2. The van der Waals surface area contributed by atoms with Gasteiger partial charge in [-0.3, -0.25) is 4.79 Å². The maximum absolute atomic E-state index is 12.4. The van der Waals surface area contributed by atoms with Gasteiger partial charge in [-0.2, -0.15) is 0 Å². The second kappa shape index (κ2) is 11.2. The van der Waals surface area contributed by atoms with E-state index in [4.69, 9.17) is 19.2 Å². The fraction of sp³-hybridized carbons (Fsp3) is 0.200. The molecule has 180 valence electrons. The Morgan fingerprint density at radius 2 is 1.69 bits per heavy atom. The molecule has 2 heterocycles. The fourth-order valence-electron chi connectivity index (χ4n) is 3.24. The lowest BCUT2D eigenvalue weighted by Crippen LogP contribution is -2.14. The highest BCUT2D eigenvalue weighted by molar-refractivity contribution is 7.99. The summed E-state index contributed by atoms with van der Waals surface area (Å²) < 4.78 is 15.7. The van der Waals surface area contributed by atoms with E-state index in [-0.39, 0.29) is 11.7 Å². The van der Waals surface area contributed by atoms with Gasteiger partial charge in [0.25, 0.3) is 0 Å². The van der Waals surface area contributed by atoms with E-state index in [1.807, 2.05) is 43.3 Å². The molecule has 0 aliphatic heterocycles. The molecule has 0 aliphatic rings. The molecule has 1 amide bonds. The van der Waals surface area contributed by atoms with Gasteiger partial charge in [0.15, 0.2) is 0 Å². The minimum atomic E-state index is -0.174. The zero-order chi connectivity index (χ0) is 24.8. The number of hydrogen-bond donors (Lipinski definition) is 1. The van der Waals surface area contributed by atoms with Crippen molar-refractivity contribution < 1.29 is 19.0 Å². The highest BCUT2D eigenvalue weighted by Crippen LogP contribution is 2.35. The van der Waals surface area contributed by atoms with E-state index < -0.39 is 0 Å². The molecule has 8 nitrogen and oxygen atoms in total. The summed E-state index contributed by atoms with van der Waals surface area (Å²) in [6, 6.07) is 16.8. The molecule has 0 bridgehead atoms. The summed E-state index contributed by atoms with van der Waals surface area (Å²) in [5.74, 6) is 1.99. The summed E-state index contributed by atoms with van der Waals surface area (Å²) in [7, 11) is 4.76. The summed E-state index contributed by atoms with van der Waals surface area (Å²) in [6.07, 6.45) is 0. The average Bonchev–Trinajstić information content (AvgIpc) is 3.29. The number of nitrogens with one attached hydrogen (secondary N) is 1. The van der Waals surface area contributed by atoms with Crippen LogP contribution in [0.4, 0.5) is 5.69 Å². The van der Waals surface area contributed by atoms with Crippen molar-refractivity contribution in [3.8, 4) is 38.4 Å². The molecule has 0 unspecified atom stereocenters. The number of aryl methyl sites for hydroxylation is 1. The first-order valence-corrected chi connectivity index (χ1v) is 12.4. The van der Waals surface area contributed by atoms with Crippen molar-refractivity contribution in [2.75, 3.05) is 32.4 Å². The molecule has 0 radical (unpaired) electrons. The van der Waals surface area contributed by atoms with Crippen LogP contribution in [-0.2, 0) is 4.79 Å². The van der Waals surface area contributed by atoms with Gasteiger partial charge in [0.2, 0.25) is 5.91 Å². The Morgan fingerprint density at radius 1 is 0.943 bits per heavy atom. The number of rotatable bonds is 9. The van der Waals surface area contributed by atoms with Crippen LogP contribution in [0.15, 0.2) is 59.6 Å². The maximum Gasteiger partial charge on any atom is 0.234 e. The fourth-order valence-corrected chi connectivity index (χ4v) is 4.89. The summed E-state index contributed by atoms with van der Waals surface area (Å²) in [5, 5.41) is 13.1. The number of aromatic nitrogens is 3. The Bertz CT molecular complexity index is 1310. The molecule has 1 N–H and O–H groups in total. The minimum absolute atomic E-state index is 0.174. The molecule has 4 aromatic rings. The van der Waals surface area contributed by atoms with E-state index in [0.717, 1.165) is 32.6 Å². The molecule has 0 saturated heterocycles. The molecule has 10 heteroatoms. The number of thioether (sulfide) groups is 1. The lowest BCUT2D eigenvalue weighted by molar-refractivity contribution is -0.113. The summed E-state index contributed by atoms with van der Waals surface area (Å²) in [4.78, 5) is 18.1. The Kier molecular flexibility index (Phi) is 7.84. The third-order valence-electron chi connectivity index (χ3n) is 5.04. The first-order chi connectivity index (χ1) is 17.0. The number of amides is 1. The Labute approximate surface area is 211 Å². The van der Waals surface area contributed by atoms with Crippen molar-refractivity contribution in [1.82, 2.24) is 15.2 Å². The van der Waals surface area contributed by atoms with Gasteiger partial charge in [0.05, 0.1) is 43.3 Å². The van der Waals surface area contributed by atoms with E-state index >= 15 is 0 Å². The first-order valence-electron chi connectivity index (χ1n) is 10.6. The van der Waals surface area contributed by atoms with Crippen molar-refractivity contribution in [1.29, 1.82) is 0 Å². The van der Waals surface area contributed by atoms with Crippen molar-refractivity contribution in [3.05, 3.63) is 60.3 Å². The van der Waals surface area contributed by atoms with Crippen LogP contribution in [0.3, 0.4) is 0 Å². The third kappa shape index (κ3) is 5.90. The molecular formula is C25H24N4O4S2. The van der Waals surface area contributed by atoms with Crippen LogP contribution in [0.2, 0.25) is 0 Å². The van der Waals surface area contributed by atoms with E-state index in [1.54, 1.807) is 50.9 Å². The molecule has 0 fully saturated rings. The smallest absolute Gasteiger partial charge is 0.234 e. The standard InChI is InChI=1S/C25H24N4O4S2/c1-15-24(35-25(26-15)16-5-7-17(31-2)8-6-16)20-11-12-23(29-28-20)34-14-22(30)27-19-10-9-18(32-3)13-21(19)33-4/h5-13H,14H2,1-4H3,(H,27,30). The SMILES string of the molecule is COc1ccc(-c2nc(C)c(-c3ccc(SCC(=O)Nc4ccc(OC)cc4OC)nn3)s2)cc1. The summed E-state index contributed by atoms with van der Waals surface area (Å²) in [5.41, 5.74) is 3.23. The number of ether oxygens (including phenoxy) is 3. The van der Waals surface area contributed by atoms with E-state index in [9.17, 15) is 4.79 Å². The van der Waals surface area contributed by atoms with Crippen LogP contribution < -0.4 is 19.5 Å². The zero-order valence-electron chi connectivity index (χ0n) is 19.7. The van der Waals surface area contributed by atoms with Crippen LogP contribution in [-0.4, -0.2) is 48.2 Å². The van der Waals surface area contributed by atoms with E-state index in [1.165, 1.54) is 11.8 Å². The highest BCUT2D eigenvalue weighted by Gasteiger charge is 2.14. The summed E-state index contributed by atoms with van der Waals surface area (Å²) >= 11 is 2.87. The largest absolute Gasteiger partial charge is 0.497 e. The van der Waals surface area contributed by atoms with Crippen LogP contribution in [0.25, 0.3) is 21.1 Å². The van der Waals surface area contributed by atoms with Gasteiger partial charge in [0.1, 0.15) is 33.0 Å². The number of carbonyl (C=O) groups is 1. The minimum Gasteiger partial charge on any atom is -0.497 e. The quantitative estimate of drug-likeness (QED) is 0.303. The molecule has 2 aromatic heterocycles. The maximum atomic E-state index is 12.4. The Balaban J connectivity index is 1.39. The Morgan fingerprint density at radius 3 is 2.34 bits per heavy atom. The highest BCUT2D eigenvalue weighted by atomic mass is 32.2. The first kappa shape index (κ1) is 24.5. The number of hydrogen-bond acceptors (Lipinski definition) is 9. The monoisotopic (exact) mass is 508 g/mol. The zero-order valence-corrected chi connectivity index (χ0v) is 21.3.